The van der Waals surface area contributed by atoms with Crippen molar-refractivity contribution in [1.82, 2.24) is 0 Å². The third-order valence-corrected chi connectivity index (χ3v) is 6.07. The van der Waals surface area contributed by atoms with Gasteiger partial charge in [0.25, 0.3) is 0 Å². The van der Waals surface area contributed by atoms with E-state index >= 15 is 0 Å². The van der Waals surface area contributed by atoms with E-state index in [2.05, 4.69) is 0 Å². The summed E-state index contributed by atoms with van der Waals surface area (Å²) in [5.41, 5.74) is 0.426. The van der Waals surface area contributed by atoms with Gasteiger partial charge in [-0.1, -0.05) is 6.07 Å². The van der Waals surface area contributed by atoms with Crippen LogP contribution in [-0.4, -0.2) is 49.1 Å². The number of amides is 1. The van der Waals surface area contributed by atoms with E-state index in [-0.39, 0.29) is 19.1 Å². The summed E-state index contributed by atoms with van der Waals surface area (Å²) in [6.07, 6.45) is 1.41. The molecule has 0 spiro atoms. The van der Waals surface area contributed by atoms with E-state index < -0.39 is 23.9 Å². The first kappa shape index (κ1) is 18.0. The molecule has 0 bridgehead atoms. The van der Waals surface area contributed by atoms with E-state index in [4.69, 9.17) is 14.0 Å². The van der Waals surface area contributed by atoms with Crippen molar-refractivity contribution >= 4 is 24.2 Å². The molecular formula is C19H26BNO5. The molecule has 1 N–H and O–H groups in total. The molecule has 6 nitrogen and oxygen atoms in total. The fourth-order valence-corrected chi connectivity index (χ4v) is 3.56. The smallest absolute Gasteiger partial charge is 0.399 e. The van der Waals surface area contributed by atoms with Gasteiger partial charge in [0.1, 0.15) is 5.60 Å². The monoisotopic (exact) mass is 359 g/mol. The molecule has 26 heavy (non-hydrogen) atoms. The SMILES string of the molecule is CC1(C)OB(c2cc(N3CCCC3=O)cc(C3(O)COC3)c2)OC1(C)C. The van der Waals surface area contributed by atoms with Gasteiger partial charge in [-0.15, -0.1) is 0 Å². The van der Waals surface area contributed by atoms with Crippen molar-refractivity contribution in [3.05, 3.63) is 23.8 Å². The summed E-state index contributed by atoms with van der Waals surface area (Å²) >= 11 is 0. The summed E-state index contributed by atoms with van der Waals surface area (Å²) in [5.74, 6) is 0.110. The molecular weight excluding hydrogens is 333 g/mol. The molecule has 1 aromatic carbocycles. The molecule has 0 atom stereocenters. The Balaban J connectivity index is 1.74. The van der Waals surface area contributed by atoms with Crippen LogP contribution in [0.25, 0.3) is 0 Å². The lowest BCUT2D eigenvalue weighted by Gasteiger charge is -2.37. The van der Waals surface area contributed by atoms with Gasteiger partial charge in [-0.2, -0.15) is 0 Å². The first-order valence-electron chi connectivity index (χ1n) is 9.23. The van der Waals surface area contributed by atoms with Crippen molar-refractivity contribution in [2.24, 2.45) is 0 Å². The standard InChI is InChI=1S/C19H26BNO5/c1-17(2)18(3,4)26-20(25-17)14-8-13(19(23)11-24-12-19)9-15(10-14)21-7-5-6-16(21)22/h8-10,23H,5-7,11-12H2,1-4H3. The number of carbonyl (C=O) groups excluding carboxylic acids is 1. The van der Waals surface area contributed by atoms with Crippen LogP contribution in [0.15, 0.2) is 18.2 Å². The summed E-state index contributed by atoms with van der Waals surface area (Å²) in [7, 11) is -0.541. The second kappa shape index (κ2) is 5.79. The predicted molar refractivity (Wildman–Crippen MR) is 98.5 cm³/mol. The van der Waals surface area contributed by atoms with Gasteiger partial charge in [0.05, 0.1) is 24.4 Å². The molecule has 7 heteroatoms. The van der Waals surface area contributed by atoms with Crippen molar-refractivity contribution in [3.8, 4) is 0 Å². The molecule has 0 aromatic heterocycles. The van der Waals surface area contributed by atoms with Crippen LogP contribution in [0.1, 0.15) is 46.1 Å². The molecule has 0 unspecified atom stereocenters. The van der Waals surface area contributed by atoms with Crippen LogP contribution >= 0.6 is 0 Å². The van der Waals surface area contributed by atoms with Gasteiger partial charge in [0, 0.05) is 18.7 Å². The first-order valence-corrected chi connectivity index (χ1v) is 9.23. The third kappa shape index (κ3) is 2.78. The van der Waals surface area contributed by atoms with E-state index in [1.165, 1.54) is 0 Å². The van der Waals surface area contributed by atoms with E-state index in [0.717, 1.165) is 23.1 Å². The van der Waals surface area contributed by atoms with Crippen LogP contribution < -0.4 is 10.4 Å². The Labute approximate surface area is 154 Å². The van der Waals surface area contributed by atoms with Gasteiger partial charge < -0.3 is 24.1 Å². The molecule has 1 aromatic rings. The average molecular weight is 359 g/mol. The van der Waals surface area contributed by atoms with Crippen LogP contribution in [0.5, 0.6) is 0 Å². The number of hydrogen-bond donors (Lipinski definition) is 1. The van der Waals surface area contributed by atoms with Crippen LogP contribution in [0.2, 0.25) is 0 Å². The minimum Gasteiger partial charge on any atom is -0.399 e. The normalized spacial score (nSPS) is 26.3. The van der Waals surface area contributed by atoms with Gasteiger partial charge in [-0.25, -0.2) is 0 Å². The summed E-state index contributed by atoms with van der Waals surface area (Å²) in [4.78, 5) is 14.0. The van der Waals surface area contributed by atoms with Crippen molar-refractivity contribution in [2.75, 3.05) is 24.7 Å². The molecule has 0 aliphatic carbocycles. The number of aliphatic hydroxyl groups is 1. The zero-order valence-corrected chi connectivity index (χ0v) is 15.9. The number of ether oxygens (including phenoxy) is 1. The van der Waals surface area contributed by atoms with E-state index in [0.29, 0.717) is 13.0 Å². The maximum Gasteiger partial charge on any atom is 0.494 e. The van der Waals surface area contributed by atoms with E-state index in [9.17, 15) is 9.90 Å². The average Bonchev–Trinajstić information content (AvgIpc) is 3.05. The minimum absolute atomic E-state index is 0.110. The maximum atomic E-state index is 12.2. The fourth-order valence-electron chi connectivity index (χ4n) is 3.56. The fraction of sp³-hybridized carbons (Fsp3) is 0.632. The molecule has 140 valence electrons. The van der Waals surface area contributed by atoms with Crippen LogP contribution in [0.4, 0.5) is 5.69 Å². The summed E-state index contributed by atoms with van der Waals surface area (Å²) in [6.45, 7) is 9.24. The lowest BCUT2D eigenvalue weighted by molar-refractivity contribution is -0.184. The summed E-state index contributed by atoms with van der Waals surface area (Å²) in [6, 6.07) is 5.74. The Morgan fingerprint density at radius 3 is 2.23 bits per heavy atom. The van der Waals surface area contributed by atoms with E-state index in [1.54, 1.807) is 4.90 Å². The highest BCUT2D eigenvalue weighted by molar-refractivity contribution is 6.62. The highest BCUT2D eigenvalue weighted by atomic mass is 16.7. The van der Waals surface area contributed by atoms with Crippen molar-refractivity contribution in [3.63, 3.8) is 0 Å². The Hall–Kier alpha value is -1.41. The molecule has 3 fully saturated rings. The molecule has 1 amide bonds. The lowest BCUT2D eigenvalue weighted by Crippen LogP contribution is -2.47. The van der Waals surface area contributed by atoms with E-state index in [1.807, 2.05) is 45.9 Å². The van der Waals surface area contributed by atoms with Crippen LogP contribution in [0.3, 0.4) is 0 Å². The Morgan fingerprint density at radius 1 is 1.08 bits per heavy atom. The second-order valence-electron chi connectivity index (χ2n) is 8.57. The quantitative estimate of drug-likeness (QED) is 0.825. The topological polar surface area (TPSA) is 68.2 Å². The van der Waals surface area contributed by atoms with Gasteiger partial charge in [-0.05, 0) is 57.3 Å². The molecule has 0 radical (unpaired) electrons. The molecule has 3 heterocycles. The van der Waals surface area contributed by atoms with Gasteiger partial charge in [0.2, 0.25) is 5.91 Å². The number of anilines is 1. The maximum absolute atomic E-state index is 12.2. The Bertz CT molecular complexity index is 727. The number of nitrogens with zero attached hydrogens (tertiary/aromatic N) is 1. The van der Waals surface area contributed by atoms with Crippen LogP contribution in [0, 0.1) is 0 Å². The largest absolute Gasteiger partial charge is 0.494 e. The van der Waals surface area contributed by atoms with Crippen molar-refractivity contribution in [1.29, 1.82) is 0 Å². The van der Waals surface area contributed by atoms with Crippen molar-refractivity contribution in [2.45, 2.75) is 57.3 Å². The molecule has 3 aliphatic rings. The van der Waals surface area contributed by atoms with Gasteiger partial charge in [0.15, 0.2) is 0 Å². The predicted octanol–water partition coefficient (Wildman–Crippen LogP) is 1.33. The summed E-state index contributed by atoms with van der Waals surface area (Å²) in [5, 5.41) is 10.8. The number of carbonyl (C=O) groups is 1. The first-order chi connectivity index (χ1) is 12.1. The lowest BCUT2D eigenvalue weighted by atomic mass is 9.76. The summed E-state index contributed by atoms with van der Waals surface area (Å²) < 4.78 is 17.6. The molecule has 0 saturated carbocycles. The molecule has 4 rings (SSSR count). The number of benzene rings is 1. The van der Waals surface area contributed by atoms with Crippen LogP contribution in [-0.2, 0) is 24.4 Å². The zero-order valence-electron chi connectivity index (χ0n) is 15.9. The zero-order chi connectivity index (χ0) is 18.7. The number of hydrogen-bond acceptors (Lipinski definition) is 5. The highest BCUT2D eigenvalue weighted by Gasteiger charge is 2.52. The Morgan fingerprint density at radius 2 is 1.73 bits per heavy atom. The second-order valence-corrected chi connectivity index (χ2v) is 8.57. The minimum atomic E-state index is -1.02. The number of rotatable bonds is 3. The molecule has 3 saturated heterocycles. The molecule has 3 aliphatic heterocycles. The van der Waals surface area contributed by atoms with Gasteiger partial charge >= 0.3 is 7.12 Å². The van der Waals surface area contributed by atoms with Gasteiger partial charge in [-0.3, -0.25) is 4.79 Å². The Kier molecular flexibility index (Phi) is 4.01. The highest BCUT2D eigenvalue weighted by Crippen LogP contribution is 2.38. The third-order valence-electron chi connectivity index (χ3n) is 6.07. The van der Waals surface area contributed by atoms with Crippen molar-refractivity contribution < 1.29 is 23.9 Å².